The molecule has 0 unspecified atom stereocenters. The van der Waals surface area contributed by atoms with Gasteiger partial charge in [-0.2, -0.15) is 0 Å². The summed E-state index contributed by atoms with van der Waals surface area (Å²) >= 11 is 0. The van der Waals surface area contributed by atoms with Crippen LogP contribution in [0.3, 0.4) is 0 Å². The molecule has 0 fully saturated rings. The van der Waals surface area contributed by atoms with Crippen molar-refractivity contribution < 1.29 is 56.3 Å². The number of alkyl carbamates (subject to hydrolysis) is 1. The number of alkyl halides is 1. The molecular weight excluding hydrogens is 1030 g/mol. The number of anilines is 1. The molecule has 1 aliphatic heterocycles. The maximum Gasteiger partial charge on any atom is 0.407 e. The van der Waals surface area contributed by atoms with Crippen molar-refractivity contribution >= 4 is 53.3 Å². The summed E-state index contributed by atoms with van der Waals surface area (Å²) in [5, 5.41) is 13.2. The van der Waals surface area contributed by atoms with Crippen molar-refractivity contribution in [3.05, 3.63) is 120 Å². The Bertz CT molecular complexity index is 2770. The fourth-order valence-electron chi connectivity index (χ4n) is 8.94. The van der Waals surface area contributed by atoms with E-state index in [2.05, 4.69) is 26.6 Å². The molecule has 1 aliphatic rings. The fourth-order valence-corrected chi connectivity index (χ4v) is 8.94. The molecular formula is C57H73F3N10O9. The van der Waals surface area contributed by atoms with Gasteiger partial charge in [-0.3, -0.25) is 33.7 Å². The van der Waals surface area contributed by atoms with E-state index in [-0.39, 0.29) is 93.2 Å². The number of urea groups is 1. The minimum absolute atomic E-state index is 0.0156. The lowest BCUT2D eigenvalue weighted by molar-refractivity contribution is -0.137. The number of primary amides is 1. The molecule has 1 aromatic heterocycles. The lowest BCUT2D eigenvalue weighted by Gasteiger charge is -2.40. The van der Waals surface area contributed by atoms with E-state index in [0.29, 0.717) is 42.9 Å². The molecule has 0 aliphatic carbocycles. The zero-order valence-corrected chi connectivity index (χ0v) is 45.6. The predicted molar refractivity (Wildman–Crippen MR) is 290 cm³/mol. The first kappa shape index (κ1) is 61.8. The maximum absolute atomic E-state index is 15.2. The number of rotatable bonds is 29. The molecule has 0 saturated heterocycles. The molecule has 426 valence electrons. The number of benzene rings is 3. The number of hydrogen-bond acceptors (Lipinski definition) is 10. The highest BCUT2D eigenvalue weighted by atomic mass is 19.1. The summed E-state index contributed by atoms with van der Waals surface area (Å²) in [6.07, 6.45) is 5.12. The number of amides is 9. The minimum Gasteiger partial charge on any atom is -0.445 e. The highest BCUT2D eigenvalue weighted by molar-refractivity contribution is 6.12. The number of hydrogen-bond donors (Lipinski definition) is 6. The molecule has 3 aromatic carbocycles. The van der Waals surface area contributed by atoms with Crippen molar-refractivity contribution in [3.63, 3.8) is 0 Å². The summed E-state index contributed by atoms with van der Waals surface area (Å²) in [7, 11) is 0. The van der Waals surface area contributed by atoms with Gasteiger partial charge >= 0.3 is 12.1 Å². The van der Waals surface area contributed by atoms with E-state index in [4.69, 9.17) is 15.5 Å². The zero-order chi connectivity index (χ0) is 57.8. The quantitative estimate of drug-likeness (QED) is 0.0233. The average molecular weight is 1100 g/mol. The first-order valence-electron chi connectivity index (χ1n) is 26.5. The first-order valence-corrected chi connectivity index (χ1v) is 26.5. The summed E-state index contributed by atoms with van der Waals surface area (Å²) in [6, 6.07) is 14.1. The zero-order valence-electron chi connectivity index (χ0n) is 45.6. The number of ether oxygens (including phenoxy) is 1. The van der Waals surface area contributed by atoms with Gasteiger partial charge in [0.05, 0.1) is 17.8 Å². The van der Waals surface area contributed by atoms with Crippen molar-refractivity contribution in [2.75, 3.05) is 31.6 Å². The van der Waals surface area contributed by atoms with Crippen LogP contribution in [0.2, 0.25) is 0 Å². The van der Waals surface area contributed by atoms with E-state index in [1.165, 1.54) is 12.2 Å². The molecule has 4 aromatic rings. The number of unbranched alkanes of at least 4 members (excludes halogenated alkanes) is 2. The number of nitrogens with two attached hydrogens (primary N) is 1. The Labute approximate surface area is 458 Å². The van der Waals surface area contributed by atoms with Crippen LogP contribution < -0.4 is 32.3 Å². The van der Waals surface area contributed by atoms with Crippen molar-refractivity contribution in [2.45, 2.75) is 130 Å². The third kappa shape index (κ3) is 18.8. The first-order chi connectivity index (χ1) is 37.6. The standard InChI is InChI=1S/C57H73F3N10O9/c1-7-47(72)70(51(57(4,5)6)52-65-45(42-31-39(59)21-24-43(42)60)34-68(52)33-37-15-10-8-11-16-37)30-27-41(32-58)64-56(78)79-35-38-19-22-40(23-20-38)63-53(75)44(17-14-28-62-55(61)77)66-54(76)50(36(2)3)67-46(71)18-12-9-13-29-69-48(73)25-26-49(69)74/h8,10-11,15-16,19-26,31,34,36,41,44,50-51H,7,9,12-14,17-18,27-30,32-33,35H2,1-6H3,(H,63,75)(H,64,78)(H,66,76)(H,67,71)(H3,61,62,77)/t41-,44-,50-,51-/m0/s1. The normalized spacial score (nSPS) is 13.8. The highest BCUT2D eigenvalue weighted by Gasteiger charge is 2.39. The van der Waals surface area contributed by atoms with Gasteiger partial charge in [-0.1, -0.05) is 90.4 Å². The Hall–Kier alpha value is -8.04. The Morgan fingerprint density at radius 2 is 1.52 bits per heavy atom. The number of aromatic nitrogens is 2. The summed E-state index contributed by atoms with van der Waals surface area (Å²) in [6.45, 7) is 10.3. The molecule has 9 amide bonds. The number of carbonyl (C=O) groups is 8. The Morgan fingerprint density at radius 3 is 2.15 bits per heavy atom. The largest absolute Gasteiger partial charge is 0.445 e. The molecule has 19 nitrogen and oxygen atoms in total. The molecule has 4 atom stereocenters. The maximum atomic E-state index is 15.2. The predicted octanol–water partition coefficient (Wildman–Crippen LogP) is 7.36. The molecule has 0 spiro atoms. The van der Waals surface area contributed by atoms with E-state index >= 15 is 4.39 Å². The molecule has 79 heavy (non-hydrogen) atoms. The number of nitrogens with one attached hydrogen (secondary N) is 5. The second kappa shape index (κ2) is 29.6. The topological polar surface area (TPSA) is 256 Å². The van der Waals surface area contributed by atoms with Gasteiger partial charge in [0.15, 0.2) is 0 Å². The number of halogens is 3. The average Bonchev–Trinajstić information content (AvgIpc) is 4.14. The van der Waals surface area contributed by atoms with E-state index in [1.54, 1.807) is 56.1 Å². The second-order valence-electron chi connectivity index (χ2n) is 20.7. The van der Waals surface area contributed by atoms with Gasteiger partial charge in [0.2, 0.25) is 23.6 Å². The van der Waals surface area contributed by atoms with Gasteiger partial charge in [0.1, 0.15) is 42.8 Å². The van der Waals surface area contributed by atoms with E-state index < -0.39 is 77.7 Å². The van der Waals surface area contributed by atoms with E-state index in [9.17, 15) is 47.1 Å². The monoisotopic (exact) mass is 1100 g/mol. The molecule has 2 heterocycles. The van der Waals surface area contributed by atoms with Crippen LogP contribution in [0.15, 0.2) is 91.1 Å². The van der Waals surface area contributed by atoms with Gasteiger partial charge in [-0.25, -0.2) is 27.7 Å². The van der Waals surface area contributed by atoms with Gasteiger partial charge < -0.3 is 46.5 Å². The van der Waals surface area contributed by atoms with Crippen LogP contribution in [-0.4, -0.2) is 111 Å². The molecule has 0 radical (unpaired) electrons. The van der Waals surface area contributed by atoms with Crippen molar-refractivity contribution in [3.8, 4) is 11.3 Å². The highest BCUT2D eigenvalue weighted by Crippen LogP contribution is 2.40. The minimum atomic E-state index is -1.11. The van der Waals surface area contributed by atoms with E-state index in [0.717, 1.165) is 28.7 Å². The summed E-state index contributed by atoms with van der Waals surface area (Å²) < 4.78 is 51.6. The number of carbonyl (C=O) groups excluding carboxylic acids is 8. The summed E-state index contributed by atoms with van der Waals surface area (Å²) in [4.78, 5) is 110. The van der Waals surface area contributed by atoms with Gasteiger partial charge in [0, 0.05) is 68.6 Å². The van der Waals surface area contributed by atoms with Crippen molar-refractivity contribution in [1.29, 1.82) is 0 Å². The van der Waals surface area contributed by atoms with Gasteiger partial charge in [-0.05, 0) is 84.9 Å². The van der Waals surface area contributed by atoms with Crippen LogP contribution in [0, 0.1) is 23.0 Å². The Morgan fingerprint density at radius 1 is 0.823 bits per heavy atom. The lowest BCUT2D eigenvalue weighted by atomic mass is 9.84. The van der Waals surface area contributed by atoms with E-state index in [1.807, 2.05) is 55.7 Å². The fraction of sp³-hybridized carbons (Fsp3) is 0.456. The molecule has 7 N–H and O–H groups in total. The number of imide groups is 1. The van der Waals surface area contributed by atoms with Crippen LogP contribution in [0.4, 0.5) is 28.4 Å². The summed E-state index contributed by atoms with van der Waals surface area (Å²) in [5.74, 6) is -3.91. The van der Waals surface area contributed by atoms with Crippen LogP contribution >= 0.6 is 0 Å². The molecule has 0 saturated carbocycles. The molecule has 0 bridgehead atoms. The van der Waals surface area contributed by atoms with Crippen LogP contribution in [0.5, 0.6) is 0 Å². The van der Waals surface area contributed by atoms with Crippen LogP contribution in [-0.2, 0) is 46.7 Å². The van der Waals surface area contributed by atoms with Crippen molar-refractivity contribution in [2.24, 2.45) is 17.1 Å². The second-order valence-corrected chi connectivity index (χ2v) is 20.7. The third-order valence-electron chi connectivity index (χ3n) is 13.1. The molecule has 22 heteroatoms. The van der Waals surface area contributed by atoms with Crippen LogP contribution in [0.1, 0.15) is 116 Å². The Kier molecular flexibility index (Phi) is 23.2. The lowest BCUT2D eigenvalue weighted by Crippen LogP contribution is -2.54. The number of imidazole rings is 1. The van der Waals surface area contributed by atoms with Gasteiger partial charge in [-0.15, -0.1) is 0 Å². The van der Waals surface area contributed by atoms with Gasteiger partial charge in [0.25, 0.3) is 11.8 Å². The Balaban J connectivity index is 1.18. The molecule has 5 rings (SSSR count). The van der Waals surface area contributed by atoms with Crippen molar-refractivity contribution in [1.82, 2.24) is 40.6 Å². The third-order valence-corrected chi connectivity index (χ3v) is 13.1. The summed E-state index contributed by atoms with van der Waals surface area (Å²) in [5.41, 5.74) is 6.36. The smallest absolute Gasteiger partial charge is 0.407 e. The number of nitrogens with zero attached hydrogens (tertiary/aromatic N) is 4. The SMILES string of the molecule is CCC(=O)N(CC[C@@H](CF)NC(=O)OCc1ccc(NC(=O)[C@H](CCCNC(N)=O)NC(=O)[C@@H](NC(=O)CCCCCN2C(=O)C=CC2=O)C(C)C)cc1)[C@@H](c1nc(-c2cc(F)ccc2F)cn1Cc1ccccc1)C(C)(C)C. The van der Waals surface area contributed by atoms with Crippen LogP contribution in [0.25, 0.3) is 11.3 Å².